The smallest absolute Gasteiger partial charge is 0.356 e. The quantitative estimate of drug-likeness (QED) is 0.698. The highest BCUT2D eigenvalue weighted by molar-refractivity contribution is 7.93. The predicted molar refractivity (Wildman–Crippen MR) is 94.2 cm³/mol. The molecule has 1 aromatic carbocycles. The fraction of sp³-hybridized carbons (Fsp3) is 0.176. The molecule has 0 bridgehead atoms. The van der Waals surface area contributed by atoms with Crippen molar-refractivity contribution in [3.05, 3.63) is 53.5 Å². The van der Waals surface area contributed by atoms with Crippen molar-refractivity contribution in [2.45, 2.75) is 18.7 Å². The molecule has 0 spiro atoms. The van der Waals surface area contributed by atoms with Crippen molar-refractivity contribution < 1.29 is 17.9 Å². The number of sulfonamides is 1. The van der Waals surface area contributed by atoms with Crippen LogP contribution in [-0.4, -0.2) is 31.5 Å². The number of rotatable bonds is 4. The van der Waals surface area contributed by atoms with Crippen LogP contribution in [0.15, 0.2) is 41.4 Å². The fourth-order valence-corrected chi connectivity index (χ4v) is 3.84. The van der Waals surface area contributed by atoms with E-state index in [0.29, 0.717) is 11.2 Å². The van der Waals surface area contributed by atoms with Crippen molar-refractivity contribution in [2.24, 2.45) is 0 Å². The zero-order valence-electron chi connectivity index (χ0n) is 14.0. The van der Waals surface area contributed by atoms with Gasteiger partial charge in [0.15, 0.2) is 0 Å². The monoisotopic (exact) mass is 359 g/mol. The Bertz CT molecular complexity index is 1070. The Morgan fingerprint density at radius 2 is 2.00 bits per heavy atom. The van der Waals surface area contributed by atoms with Crippen LogP contribution in [0, 0.1) is 13.8 Å². The summed E-state index contributed by atoms with van der Waals surface area (Å²) in [5.41, 5.74) is 2.11. The van der Waals surface area contributed by atoms with E-state index in [-0.39, 0.29) is 16.3 Å². The van der Waals surface area contributed by atoms with Gasteiger partial charge in [0.05, 0.1) is 18.3 Å². The van der Waals surface area contributed by atoms with Gasteiger partial charge in [0, 0.05) is 17.3 Å². The summed E-state index contributed by atoms with van der Waals surface area (Å²) >= 11 is 0. The number of carbonyl (C=O) groups excluding carboxylic acids is 1. The van der Waals surface area contributed by atoms with Gasteiger partial charge in [-0.3, -0.25) is 9.71 Å². The standard InChI is InChI=1S/C17H17N3O4S/c1-10-7-12-5-4-6-14(15(12)18-9-10)25(22,23)20-13-8-11(2)19-16(13)17(21)24-3/h4-9,19-20H,1-3H3. The van der Waals surface area contributed by atoms with E-state index >= 15 is 0 Å². The predicted octanol–water partition coefficient (Wildman–Crippen LogP) is 2.77. The number of hydrogen-bond donors (Lipinski definition) is 2. The Morgan fingerprint density at radius 3 is 2.72 bits per heavy atom. The van der Waals surface area contributed by atoms with Gasteiger partial charge in [-0.25, -0.2) is 13.2 Å². The molecule has 0 amide bonds. The van der Waals surface area contributed by atoms with Gasteiger partial charge in [-0.1, -0.05) is 12.1 Å². The number of esters is 1. The highest BCUT2D eigenvalue weighted by Crippen LogP contribution is 2.26. The third-order valence-electron chi connectivity index (χ3n) is 3.69. The second kappa shape index (κ2) is 6.21. The maximum Gasteiger partial charge on any atom is 0.356 e. The third-order valence-corrected chi connectivity index (χ3v) is 5.08. The molecular weight excluding hydrogens is 342 g/mol. The minimum atomic E-state index is -3.94. The lowest BCUT2D eigenvalue weighted by Crippen LogP contribution is -2.16. The third kappa shape index (κ3) is 3.20. The van der Waals surface area contributed by atoms with Crippen molar-refractivity contribution in [1.82, 2.24) is 9.97 Å². The number of anilines is 1. The molecule has 0 aliphatic rings. The average Bonchev–Trinajstić information content (AvgIpc) is 2.92. The Labute approximate surface area is 145 Å². The van der Waals surface area contributed by atoms with E-state index in [4.69, 9.17) is 0 Å². The Hall–Kier alpha value is -2.87. The molecular formula is C17H17N3O4S. The number of aromatic amines is 1. The van der Waals surface area contributed by atoms with E-state index in [1.165, 1.54) is 19.2 Å². The van der Waals surface area contributed by atoms with Gasteiger partial charge in [0.2, 0.25) is 0 Å². The highest BCUT2D eigenvalue weighted by Gasteiger charge is 2.23. The summed E-state index contributed by atoms with van der Waals surface area (Å²) in [6.07, 6.45) is 1.61. The first-order chi connectivity index (χ1) is 11.8. The van der Waals surface area contributed by atoms with Gasteiger partial charge in [-0.2, -0.15) is 0 Å². The van der Waals surface area contributed by atoms with E-state index in [0.717, 1.165) is 10.9 Å². The number of para-hydroxylation sites is 1. The molecule has 25 heavy (non-hydrogen) atoms. The molecule has 0 fully saturated rings. The fourth-order valence-electron chi connectivity index (χ4n) is 2.59. The van der Waals surface area contributed by atoms with Crippen molar-refractivity contribution in [3.63, 3.8) is 0 Å². The molecule has 7 nitrogen and oxygen atoms in total. The number of nitrogens with zero attached hydrogens (tertiary/aromatic N) is 1. The first kappa shape index (κ1) is 17.0. The SMILES string of the molecule is COC(=O)c1[nH]c(C)cc1NS(=O)(=O)c1cccc2cc(C)cnc12. The highest BCUT2D eigenvalue weighted by atomic mass is 32.2. The summed E-state index contributed by atoms with van der Waals surface area (Å²) in [5, 5.41) is 0.723. The van der Waals surface area contributed by atoms with Crippen molar-refractivity contribution in [3.8, 4) is 0 Å². The minimum Gasteiger partial charge on any atom is -0.464 e. The number of pyridine rings is 1. The molecule has 0 aliphatic carbocycles. The van der Waals surface area contributed by atoms with Crippen molar-refractivity contribution >= 4 is 32.6 Å². The Morgan fingerprint density at radius 1 is 1.24 bits per heavy atom. The normalized spacial score (nSPS) is 11.5. The van der Waals surface area contributed by atoms with Crippen LogP contribution >= 0.6 is 0 Å². The number of methoxy groups -OCH3 is 1. The number of aromatic nitrogens is 2. The van der Waals surface area contributed by atoms with Gasteiger partial charge in [-0.05, 0) is 37.6 Å². The molecule has 2 heterocycles. The van der Waals surface area contributed by atoms with Crippen LogP contribution in [0.1, 0.15) is 21.7 Å². The zero-order valence-corrected chi connectivity index (χ0v) is 14.8. The van der Waals surface area contributed by atoms with Gasteiger partial charge in [0.25, 0.3) is 10.0 Å². The molecule has 0 saturated heterocycles. The van der Waals surface area contributed by atoms with Crippen LogP contribution in [0.2, 0.25) is 0 Å². The number of carbonyl (C=O) groups is 1. The van der Waals surface area contributed by atoms with Gasteiger partial charge >= 0.3 is 5.97 Å². The maximum atomic E-state index is 12.9. The largest absolute Gasteiger partial charge is 0.464 e. The number of fused-ring (bicyclic) bond motifs is 1. The number of H-pyrrole nitrogens is 1. The molecule has 0 radical (unpaired) electrons. The molecule has 0 unspecified atom stereocenters. The summed E-state index contributed by atoms with van der Waals surface area (Å²) in [4.78, 5) is 18.9. The second-order valence-electron chi connectivity index (χ2n) is 5.68. The van der Waals surface area contributed by atoms with Crippen LogP contribution in [-0.2, 0) is 14.8 Å². The van der Waals surface area contributed by atoms with E-state index in [9.17, 15) is 13.2 Å². The van der Waals surface area contributed by atoms with E-state index in [2.05, 4.69) is 19.4 Å². The summed E-state index contributed by atoms with van der Waals surface area (Å²) in [5.74, 6) is -0.655. The molecule has 2 aromatic heterocycles. The van der Waals surface area contributed by atoms with E-state index in [1.807, 2.05) is 13.0 Å². The van der Waals surface area contributed by atoms with E-state index in [1.54, 1.807) is 25.3 Å². The van der Waals surface area contributed by atoms with Crippen molar-refractivity contribution in [1.29, 1.82) is 0 Å². The van der Waals surface area contributed by atoms with Gasteiger partial charge in [0.1, 0.15) is 10.6 Å². The van der Waals surface area contributed by atoms with Gasteiger partial charge in [-0.15, -0.1) is 0 Å². The molecule has 3 aromatic rings. The number of nitrogens with one attached hydrogen (secondary N) is 2. The molecule has 2 N–H and O–H groups in total. The lowest BCUT2D eigenvalue weighted by Gasteiger charge is -2.10. The lowest BCUT2D eigenvalue weighted by atomic mass is 10.2. The van der Waals surface area contributed by atoms with Crippen LogP contribution in [0.3, 0.4) is 0 Å². The minimum absolute atomic E-state index is 0.0414. The molecule has 3 rings (SSSR count). The summed E-state index contributed by atoms with van der Waals surface area (Å²) in [6.45, 7) is 3.60. The topological polar surface area (TPSA) is 101 Å². The molecule has 8 heteroatoms. The maximum absolute atomic E-state index is 12.9. The summed E-state index contributed by atoms with van der Waals surface area (Å²) in [7, 11) is -2.71. The molecule has 0 saturated carbocycles. The summed E-state index contributed by atoms with van der Waals surface area (Å²) < 4.78 is 32.8. The molecule has 0 aliphatic heterocycles. The first-order valence-corrected chi connectivity index (χ1v) is 8.96. The van der Waals surface area contributed by atoms with Crippen LogP contribution in [0.5, 0.6) is 0 Å². The molecule has 130 valence electrons. The Kier molecular flexibility index (Phi) is 4.22. The average molecular weight is 359 g/mol. The van der Waals surface area contributed by atoms with Crippen molar-refractivity contribution in [2.75, 3.05) is 11.8 Å². The zero-order chi connectivity index (χ0) is 18.2. The molecule has 0 atom stereocenters. The number of aryl methyl sites for hydroxylation is 2. The van der Waals surface area contributed by atoms with Crippen LogP contribution in [0.4, 0.5) is 5.69 Å². The van der Waals surface area contributed by atoms with Crippen LogP contribution < -0.4 is 4.72 Å². The lowest BCUT2D eigenvalue weighted by molar-refractivity contribution is 0.0596. The van der Waals surface area contributed by atoms with E-state index < -0.39 is 16.0 Å². The second-order valence-corrected chi connectivity index (χ2v) is 7.33. The first-order valence-electron chi connectivity index (χ1n) is 7.48. The summed E-state index contributed by atoms with van der Waals surface area (Å²) in [6, 6.07) is 8.33. The van der Waals surface area contributed by atoms with Gasteiger partial charge < -0.3 is 9.72 Å². The number of ether oxygens (including phenoxy) is 1. The Balaban J connectivity index is 2.09. The number of benzene rings is 1. The number of hydrogen-bond acceptors (Lipinski definition) is 5. The van der Waals surface area contributed by atoms with Crippen LogP contribution in [0.25, 0.3) is 10.9 Å².